The van der Waals surface area contributed by atoms with E-state index in [1.807, 2.05) is 11.9 Å². The van der Waals surface area contributed by atoms with Crippen LogP contribution in [0.2, 0.25) is 0 Å². The molecule has 1 aromatic rings. The van der Waals surface area contributed by atoms with Crippen molar-refractivity contribution in [2.75, 3.05) is 39.8 Å². The van der Waals surface area contributed by atoms with Crippen LogP contribution in [0.3, 0.4) is 0 Å². The van der Waals surface area contributed by atoms with E-state index >= 15 is 0 Å². The molecule has 0 aliphatic carbocycles. The van der Waals surface area contributed by atoms with Crippen LogP contribution < -0.4 is 0 Å². The monoisotopic (exact) mass is 301 g/mol. The van der Waals surface area contributed by atoms with Crippen LogP contribution in [0.15, 0.2) is 30.3 Å². The van der Waals surface area contributed by atoms with Gasteiger partial charge in [0.2, 0.25) is 5.91 Å². The summed E-state index contributed by atoms with van der Waals surface area (Å²) in [4.78, 5) is 18.8. The summed E-state index contributed by atoms with van der Waals surface area (Å²) in [5.74, 6) is 0.295. The minimum absolute atomic E-state index is 0.295. The Morgan fingerprint density at radius 2 is 1.73 bits per heavy atom. The first-order valence-electron chi connectivity index (χ1n) is 8.46. The van der Waals surface area contributed by atoms with Crippen LogP contribution in [-0.2, 0) is 11.3 Å². The van der Waals surface area contributed by atoms with Gasteiger partial charge < -0.3 is 4.90 Å². The van der Waals surface area contributed by atoms with E-state index in [1.165, 1.54) is 31.5 Å². The number of likely N-dealkylation sites (tertiary alicyclic amines) is 1. The van der Waals surface area contributed by atoms with Crippen LogP contribution in [0.4, 0.5) is 0 Å². The summed E-state index contributed by atoms with van der Waals surface area (Å²) in [6, 6.07) is 11.4. The highest BCUT2D eigenvalue weighted by Crippen LogP contribution is 2.20. The van der Waals surface area contributed by atoms with Gasteiger partial charge in [-0.15, -0.1) is 0 Å². The van der Waals surface area contributed by atoms with Crippen molar-refractivity contribution in [2.45, 2.75) is 31.8 Å². The molecule has 0 unspecified atom stereocenters. The summed E-state index contributed by atoms with van der Waals surface area (Å²) < 4.78 is 0. The molecule has 2 saturated heterocycles. The number of carbonyl (C=O) groups is 1. The zero-order chi connectivity index (χ0) is 15.4. The standard InChI is InChI=1S/C18H27N3O/c1-19-13-14-21(12-9-18(19)22)17-7-10-20(11-8-17)15-16-5-3-2-4-6-16/h2-6,17H,7-15H2,1H3. The molecule has 3 rings (SSSR count). The van der Waals surface area contributed by atoms with Gasteiger partial charge in [0, 0.05) is 45.7 Å². The van der Waals surface area contributed by atoms with Crippen LogP contribution >= 0.6 is 0 Å². The zero-order valence-corrected chi connectivity index (χ0v) is 13.6. The Kier molecular flexibility index (Phi) is 5.11. The van der Waals surface area contributed by atoms with Gasteiger partial charge in [-0.05, 0) is 31.5 Å². The summed E-state index contributed by atoms with van der Waals surface area (Å²) >= 11 is 0. The third-order valence-electron chi connectivity index (χ3n) is 5.08. The molecule has 0 N–H and O–H groups in total. The zero-order valence-electron chi connectivity index (χ0n) is 13.6. The molecule has 2 fully saturated rings. The van der Waals surface area contributed by atoms with Crippen molar-refractivity contribution in [3.8, 4) is 0 Å². The normalized spacial score (nSPS) is 22.8. The van der Waals surface area contributed by atoms with Crippen molar-refractivity contribution in [3.63, 3.8) is 0 Å². The van der Waals surface area contributed by atoms with Crippen molar-refractivity contribution in [3.05, 3.63) is 35.9 Å². The quantitative estimate of drug-likeness (QED) is 0.852. The van der Waals surface area contributed by atoms with Gasteiger partial charge in [-0.25, -0.2) is 0 Å². The maximum atomic E-state index is 11.8. The van der Waals surface area contributed by atoms with Crippen molar-refractivity contribution in [1.29, 1.82) is 0 Å². The van der Waals surface area contributed by atoms with Gasteiger partial charge in [-0.3, -0.25) is 14.6 Å². The molecular weight excluding hydrogens is 274 g/mol. The number of piperidine rings is 1. The van der Waals surface area contributed by atoms with E-state index in [4.69, 9.17) is 0 Å². The van der Waals surface area contributed by atoms with Crippen molar-refractivity contribution >= 4 is 5.91 Å². The van der Waals surface area contributed by atoms with E-state index in [-0.39, 0.29) is 0 Å². The van der Waals surface area contributed by atoms with Gasteiger partial charge >= 0.3 is 0 Å². The van der Waals surface area contributed by atoms with Crippen LogP contribution in [0.5, 0.6) is 0 Å². The smallest absolute Gasteiger partial charge is 0.223 e. The van der Waals surface area contributed by atoms with Gasteiger partial charge in [0.15, 0.2) is 0 Å². The predicted molar refractivity (Wildman–Crippen MR) is 88.6 cm³/mol. The van der Waals surface area contributed by atoms with E-state index in [0.29, 0.717) is 18.4 Å². The number of benzene rings is 1. The Labute approximate surface area is 133 Å². The van der Waals surface area contributed by atoms with E-state index in [1.54, 1.807) is 0 Å². The van der Waals surface area contributed by atoms with Crippen LogP contribution in [0.1, 0.15) is 24.8 Å². The minimum Gasteiger partial charge on any atom is -0.344 e. The third-order valence-corrected chi connectivity index (χ3v) is 5.08. The lowest BCUT2D eigenvalue weighted by Gasteiger charge is -2.38. The van der Waals surface area contributed by atoms with Crippen molar-refractivity contribution in [2.24, 2.45) is 0 Å². The number of amides is 1. The Morgan fingerprint density at radius 3 is 2.45 bits per heavy atom. The van der Waals surface area contributed by atoms with E-state index in [9.17, 15) is 4.79 Å². The highest BCUT2D eigenvalue weighted by molar-refractivity contribution is 5.76. The van der Waals surface area contributed by atoms with Crippen LogP contribution in [0, 0.1) is 0 Å². The van der Waals surface area contributed by atoms with Gasteiger partial charge in [0.05, 0.1) is 0 Å². The average Bonchev–Trinajstić information content (AvgIpc) is 2.72. The van der Waals surface area contributed by atoms with Gasteiger partial charge in [-0.1, -0.05) is 30.3 Å². The van der Waals surface area contributed by atoms with Gasteiger partial charge in [0.1, 0.15) is 0 Å². The second-order valence-electron chi connectivity index (χ2n) is 6.59. The molecule has 2 aliphatic heterocycles. The van der Waals surface area contributed by atoms with Crippen LogP contribution in [0.25, 0.3) is 0 Å². The Bertz CT molecular complexity index is 482. The highest BCUT2D eigenvalue weighted by Gasteiger charge is 2.27. The average molecular weight is 301 g/mol. The fraction of sp³-hybridized carbons (Fsp3) is 0.611. The van der Waals surface area contributed by atoms with E-state index in [0.717, 1.165) is 26.2 Å². The SMILES string of the molecule is CN1CCN(C2CCN(Cc3ccccc3)CC2)CCC1=O. The van der Waals surface area contributed by atoms with Crippen molar-refractivity contribution in [1.82, 2.24) is 14.7 Å². The first-order valence-corrected chi connectivity index (χ1v) is 8.46. The van der Waals surface area contributed by atoms with E-state index < -0.39 is 0 Å². The lowest BCUT2D eigenvalue weighted by Crippen LogP contribution is -2.45. The molecule has 4 nitrogen and oxygen atoms in total. The summed E-state index contributed by atoms with van der Waals surface area (Å²) in [6.45, 7) is 6.25. The molecule has 0 spiro atoms. The van der Waals surface area contributed by atoms with Crippen molar-refractivity contribution < 1.29 is 4.79 Å². The largest absolute Gasteiger partial charge is 0.344 e. The first kappa shape index (κ1) is 15.5. The molecule has 0 aromatic heterocycles. The molecule has 0 saturated carbocycles. The number of nitrogens with zero attached hydrogens (tertiary/aromatic N) is 3. The number of rotatable bonds is 3. The maximum Gasteiger partial charge on any atom is 0.223 e. The molecule has 22 heavy (non-hydrogen) atoms. The summed E-state index contributed by atoms with van der Waals surface area (Å²) in [6.07, 6.45) is 3.14. The third kappa shape index (κ3) is 3.87. The molecule has 2 aliphatic rings. The number of carbonyl (C=O) groups excluding carboxylic acids is 1. The predicted octanol–water partition coefficient (Wildman–Crippen LogP) is 1.82. The van der Waals surface area contributed by atoms with E-state index in [2.05, 4.69) is 40.1 Å². The first-order chi connectivity index (χ1) is 10.7. The fourth-order valence-corrected chi connectivity index (χ4v) is 3.59. The molecule has 2 heterocycles. The minimum atomic E-state index is 0.295. The molecule has 0 atom stereocenters. The molecular formula is C18H27N3O. The lowest BCUT2D eigenvalue weighted by atomic mass is 10.0. The Hall–Kier alpha value is -1.39. The molecule has 1 aromatic carbocycles. The highest BCUT2D eigenvalue weighted by atomic mass is 16.2. The molecule has 1 amide bonds. The number of hydrogen-bond donors (Lipinski definition) is 0. The van der Waals surface area contributed by atoms with Gasteiger partial charge in [-0.2, -0.15) is 0 Å². The second-order valence-corrected chi connectivity index (χ2v) is 6.59. The maximum absolute atomic E-state index is 11.8. The Balaban J connectivity index is 1.48. The molecule has 4 heteroatoms. The molecule has 120 valence electrons. The molecule has 0 bridgehead atoms. The second kappa shape index (κ2) is 7.25. The molecule has 0 radical (unpaired) electrons. The Morgan fingerprint density at radius 1 is 1.00 bits per heavy atom. The van der Waals surface area contributed by atoms with Crippen LogP contribution in [-0.4, -0.2) is 66.4 Å². The summed E-state index contributed by atoms with van der Waals surface area (Å²) in [5, 5.41) is 0. The number of hydrogen-bond acceptors (Lipinski definition) is 3. The lowest BCUT2D eigenvalue weighted by molar-refractivity contribution is -0.129. The summed E-state index contributed by atoms with van der Waals surface area (Å²) in [7, 11) is 1.92. The topological polar surface area (TPSA) is 26.8 Å². The summed E-state index contributed by atoms with van der Waals surface area (Å²) in [5.41, 5.74) is 1.41. The van der Waals surface area contributed by atoms with Gasteiger partial charge in [0.25, 0.3) is 0 Å². The fourth-order valence-electron chi connectivity index (χ4n) is 3.59. The number of likely N-dealkylation sites (N-methyl/N-ethyl adjacent to an activating group) is 1.